The highest BCUT2D eigenvalue weighted by molar-refractivity contribution is 9.09. The monoisotopic (exact) mass is 455 g/mol. The van der Waals surface area contributed by atoms with Crippen LogP contribution in [-0.2, 0) is 10.2 Å². The van der Waals surface area contributed by atoms with Crippen LogP contribution in [0.25, 0.3) is 0 Å². The van der Waals surface area contributed by atoms with E-state index in [0.29, 0.717) is 16.7 Å². The number of hydrogen-bond acceptors (Lipinski definition) is 2. The molecule has 1 N–H and O–H groups in total. The van der Waals surface area contributed by atoms with Gasteiger partial charge in [0.15, 0.2) is 0 Å². The average Bonchev–Trinajstić information content (AvgIpc) is 3.12. The molecular formula is C20H20BrCl2NO2. The minimum Gasteiger partial charge on any atom is -0.493 e. The lowest BCUT2D eigenvalue weighted by atomic mass is 9.78. The molecule has 0 spiro atoms. The minimum atomic E-state index is -0.604. The van der Waals surface area contributed by atoms with Crippen LogP contribution in [0.1, 0.15) is 31.2 Å². The smallest absolute Gasteiger partial charge is 0.235 e. The summed E-state index contributed by atoms with van der Waals surface area (Å²) in [4.78, 5) is 13.2. The van der Waals surface area contributed by atoms with Gasteiger partial charge in [-0.1, -0.05) is 58.0 Å². The first-order valence-electron chi connectivity index (χ1n) is 8.61. The van der Waals surface area contributed by atoms with Crippen LogP contribution >= 0.6 is 39.1 Å². The molecular weight excluding hydrogens is 437 g/mol. The van der Waals surface area contributed by atoms with Gasteiger partial charge in [-0.05, 0) is 54.8 Å². The molecule has 2 aromatic carbocycles. The quantitative estimate of drug-likeness (QED) is 0.524. The number of halogens is 3. The summed E-state index contributed by atoms with van der Waals surface area (Å²) >= 11 is 15.8. The molecule has 138 valence electrons. The van der Waals surface area contributed by atoms with Gasteiger partial charge in [0.25, 0.3) is 0 Å². The van der Waals surface area contributed by atoms with Crippen molar-refractivity contribution in [3.63, 3.8) is 0 Å². The third kappa shape index (κ3) is 4.19. The zero-order valence-electron chi connectivity index (χ0n) is 14.2. The standard InChI is InChI=1S/C20H20BrCl2NO2/c21-11-12-26-16-6-4-15(5-7-16)24-19(25)20(9-1-2-10-20)17-8-3-14(22)13-18(17)23/h3-8,13H,1-2,9-12H2,(H,24,25). The van der Waals surface area contributed by atoms with Crippen molar-refractivity contribution >= 4 is 50.7 Å². The number of nitrogens with one attached hydrogen (secondary N) is 1. The van der Waals surface area contributed by atoms with Crippen molar-refractivity contribution in [2.45, 2.75) is 31.1 Å². The van der Waals surface area contributed by atoms with Crippen LogP contribution in [-0.4, -0.2) is 17.8 Å². The fourth-order valence-corrected chi connectivity index (χ4v) is 4.27. The second-order valence-corrected chi connectivity index (χ2v) is 8.07. The highest BCUT2D eigenvalue weighted by atomic mass is 79.9. The van der Waals surface area contributed by atoms with Crippen molar-refractivity contribution in [1.29, 1.82) is 0 Å². The highest BCUT2D eigenvalue weighted by Crippen LogP contribution is 2.45. The SMILES string of the molecule is O=C(Nc1ccc(OCCBr)cc1)C1(c2ccc(Cl)cc2Cl)CCCC1. The Hall–Kier alpha value is -1.23. The first kappa shape index (κ1) is 19.5. The molecule has 0 saturated heterocycles. The van der Waals surface area contributed by atoms with Gasteiger partial charge in [-0.2, -0.15) is 0 Å². The van der Waals surface area contributed by atoms with Crippen LogP contribution in [0.2, 0.25) is 10.0 Å². The number of hydrogen-bond donors (Lipinski definition) is 1. The summed E-state index contributed by atoms with van der Waals surface area (Å²) in [5.74, 6) is 0.757. The Morgan fingerprint density at radius 2 is 1.81 bits per heavy atom. The lowest BCUT2D eigenvalue weighted by Gasteiger charge is -2.29. The first-order chi connectivity index (χ1) is 12.5. The van der Waals surface area contributed by atoms with Crippen molar-refractivity contribution in [2.24, 2.45) is 0 Å². The number of amides is 1. The van der Waals surface area contributed by atoms with Crippen LogP contribution in [0, 0.1) is 0 Å². The molecule has 1 fully saturated rings. The summed E-state index contributed by atoms with van der Waals surface area (Å²) in [6.45, 7) is 0.601. The Balaban J connectivity index is 1.81. The zero-order chi connectivity index (χ0) is 18.6. The summed E-state index contributed by atoms with van der Waals surface area (Å²) in [6, 6.07) is 12.8. The molecule has 26 heavy (non-hydrogen) atoms. The molecule has 0 atom stereocenters. The van der Waals surface area contributed by atoms with Gasteiger partial charge in [-0.25, -0.2) is 0 Å². The Kier molecular flexibility index (Phi) is 6.49. The molecule has 3 rings (SSSR count). The average molecular weight is 457 g/mol. The van der Waals surface area contributed by atoms with Gasteiger partial charge in [0, 0.05) is 21.1 Å². The molecule has 1 aliphatic carbocycles. The molecule has 1 saturated carbocycles. The Labute approximate surface area is 172 Å². The summed E-state index contributed by atoms with van der Waals surface area (Å²) < 4.78 is 5.54. The summed E-state index contributed by atoms with van der Waals surface area (Å²) in [7, 11) is 0. The second kappa shape index (κ2) is 8.64. The van der Waals surface area contributed by atoms with Crippen LogP contribution in [0.4, 0.5) is 5.69 Å². The molecule has 0 aromatic heterocycles. The van der Waals surface area contributed by atoms with E-state index in [9.17, 15) is 4.79 Å². The maximum Gasteiger partial charge on any atom is 0.235 e. The van der Waals surface area contributed by atoms with Gasteiger partial charge in [0.2, 0.25) is 5.91 Å². The summed E-state index contributed by atoms with van der Waals surface area (Å²) in [5, 5.41) is 4.95. The molecule has 0 heterocycles. The first-order valence-corrected chi connectivity index (χ1v) is 10.5. The number of anilines is 1. The van der Waals surface area contributed by atoms with Crippen LogP contribution < -0.4 is 10.1 Å². The van der Waals surface area contributed by atoms with E-state index < -0.39 is 5.41 Å². The lowest BCUT2D eigenvalue weighted by Crippen LogP contribution is -2.38. The number of carbonyl (C=O) groups is 1. The Morgan fingerprint density at radius 3 is 2.42 bits per heavy atom. The van der Waals surface area contributed by atoms with Gasteiger partial charge >= 0.3 is 0 Å². The van der Waals surface area contributed by atoms with E-state index in [0.717, 1.165) is 48.0 Å². The lowest BCUT2D eigenvalue weighted by molar-refractivity contribution is -0.121. The van der Waals surface area contributed by atoms with Crippen molar-refractivity contribution < 1.29 is 9.53 Å². The second-order valence-electron chi connectivity index (χ2n) is 6.43. The van der Waals surface area contributed by atoms with E-state index in [-0.39, 0.29) is 5.91 Å². The van der Waals surface area contributed by atoms with Crippen LogP contribution in [0.15, 0.2) is 42.5 Å². The van der Waals surface area contributed by atoms with E-state index in [4.69, 9.17) is 27.9 Å². The fraction of sp³-hybridized carbons (Fsp3) is 0.350. The predicted octanol–water partition coefficient (Wildman–Crippen LogP) is 6.22. The third-order valence-electron chi connectivity index (χ3n) is 4.80. The molecule has 0 aliphatic heterocycles. The number of alkyl halides is 1. The summed E-state index contributed by atoms with van der Waals surface area (Å²) in [6.07, 6.45) is 3.58. The molecule has 1 aliphatic rings. The van der Waals surface area contributed by atoms with E-state index in [1.807, 2.05) is 30.3 Å². The molecule has 6 heteroatoms. The number of carbonyl (C=O) groups excluding carboxylic acids is 1. The Bertz CT molecular complexity index is 774. The van der Waals surface area contributed by atoms with Gasteiger partial charge < -0.3 is 10.1 Å². The zero-order valence-corrected chi connectivity index (χ0v) is 17.3. The van der Waals surface area contributed by atoms with Crippen molar-refractivity contribution in [1.82, 2.24) is 0 Å². The maximum atomic E-state index is 13.2. The largest absolute Gasteiger partial charge is 0.493 e. The molecule has 0 unspecified atom stereocenters. The van der Waals surface area contributed by atoms with Gasteiger partial charge in [0.1, 0.15) is 5.75 Å². The van der Waals surface area contributed by atoms with Crippen LogP contribution in [0.5, 0.6) is 5.75 Å². The summed E-state index contributed by atoms with van der Waals surface area (Å²) in [5.41, 5.74) is 1.00. The van der Waals surface area contributed by atoms with Gasteiger partial charge in [-0.3, -0.25) is 4.79 Å². The van der Waals surface area contributed by atoms with E-state index in [2.05, 4.69) is 21.2 Å². The maximum absolute atomic E-state index is 13.2. The molecule has 3 nitrogen and oxygen atoms in total. The van der Waals surface area contributed by atoms with E-state index in [1.54, 1.807) is 12.1 Å². The molecule has 1 amide bonds. The molecule has 0 radical (unpaired) electrons. The Morgan fingerprint density at radius 1 is 1.12 bits per heavy atom. The van der Waals surface area contributed by atoms with E-state index in [1.165, 1.54) is 0 Å². The minimum absolute atomic E-state index is 0.0200. The van der Waals surface area contributed by atoms with Crippen LogP contribution in [0.3, 0.4) is 0 Å². The third-order valence-corrected chi connectivity index (χ3v) is 5.67. The van der Waals surface area contributed by atoms with Gasteiger partial charge in [0.05, 0.1) is 12.0 Å². The van der Waals surface area contributed by atoms with Crippen molar-refractivity contribution in [3.05, 3.63) is 58.1 Å². The molecule has 0 bridgehead atoms. The van der Waals surface area contributed by atoms with Crippen molar-refractivity contribution in [3.8, 4) is 5.75 Å². The van der Waals surface area contributed by atoms with Gasteiger partial charge in [-0.15, -0.1) is 0 Å². The predicted molar refractivity (Wildman–Crippen MR) is 111 cm³/mol. The topological polar surface area (TPSA) is 38.3 Å². The highest BCUT2D eigenvalue weighted by Gasteiger charge is 2.44. The normalized spacial score (nSPS) is 15.7. The van der Waals surface area contributed by atoms with E-state index >= 15 is 0 Å². The van der Waals surface area contributed by atoms with Crippen molar-refractivity contribution in [2.75, 3.05) is 17.3 Å². The number of benzene rings is 2. The number of rotatable bonds is 6. The molecule has 2 aromatic rings. The fourth-order valence-electron chi connectivity index (χ4n) is 3.52. The number of ether oxygens (including phenoxy) is 1.